The van der Waals surface area contributed by atoms with Crippen molar-refractivity contribution in [2.24, 2.45) is 17.8 Å². The number of carbonyl (C=O) groups excluding carboxylic acids is 3. The molecular weight excluding hydrogens is 332 g/mol. The summed E-state index contributed by atoms with van der Waals surface area (Å²) in [4.78, 5) is 38.2. The molecule has 2 unspecified atom stereocenters. The third kappa shape index (κ3) is 4.77. The molecular formula is C21H32O5. The molecule has 1 fully saturated rings. The minimum absolute atomic E-state index is 0.00335. The molecule has 1 rings (SSSR count). The number of aliphatic hydroxyl groups is 2. The number of carbonyl (C=O) groups is 3. The van der Waals surface area contributed by atoms with Crippen LogP contribution in [0.4, 0.5) is 0 Å². The molecule has 4 atom stereocenters. The lowest BCUT2D eigenvalue weighted by molar-refractivity contribution is -0.155. The van der Waals surface area contributed by atoms with Gasteiger partial charge in [-0.3, -0.25) is 14.4 Å². The maximum absolute atomic E-state index is 12.9. The van der Waals surface area contributed by atoms with Crippen LogP contribution in [0.25, 0.3) is 0 Å². The molecule has 0 radical (unpaired) electrons. The van der Waals surface area contributed by atoms with Crippen molar-refractivity contribution in [1.29, 1.82) is 0 Å². The van der Waals surface area contributed by atoms with E-state index < -0.39 is 40.9 Å². The predicted octanol–water partition coefficient (Wildman–Crippen LogP) is 2.79. The minimum Gasteiger partial charge on any atom is -0.389 e. The molecule has 5 heteroatoms. The highest BCUT2D eigenvalue weighted by atomic mass is 16.4. The number of hydrogen-bond acceptors (Lipinski definition) is 5. The van der Waals surface area contributed by atoms with Crippen LogP contribution in [0, 0.1) is 17.8 Å². The summed E-state index contributed by atoms with van der Waals surface area (Å²) in [5, 5.41) is 21.7. The smallest absolute Gasteiger partial charge is 0.185 e. The molecule has 1 saturated carbocycles. The van der Waals surface area contributed by atoms with Crippen molar-refractivity contribution >= 4 is 17.3 Å². The molecule has 2 N–H and O–H groups in total. The van der Waals surface area contributed by atoms with E-state index in [0.717, 1.165) is 11.1 Å². The summed E-state index contributed by atoms with van der Waals surface area (Å²) in [6.07, 6.45) is 2.30. The zero-order valence-electron chi connectivity index (χ0n) is 16.7. The molecule has 0 spiro atoms. The Bertz CT molecular complexity index is 620. The highest BCUT2D eigenvalue weighted by Gasteiger charge is 2.63. The summed E-state index contributed by atoms with van der Waals surface area (Å²) in [5.41, 5.74) is -0.368. The second-order valence-corrected chi connectivity index (χ2v) is 8.19. The molecule has 0 amide bonds. The first kappa shape index (κ1) is 22.5. The van der Waals surface area contributed by atoms with E-state index >= 15 is 0 Å². The Morgan fingerprint density at radius 2 is 1.65 bits per heavy atom. The van der Waals surface area contributed by atoms with Gasteiger partial charge in [0.15, 0.2) is 23.0 Å². The molecule has 26 heavy (non-hydrogen) atoms. The third-order valence-corrected chi connectivity index (χ3v) is 4.77. The fourth-order valence-electron chi connectivity index (χ4n) is 3.35. The van der Waals surface area contributed by atoms with Gasteiger partial charge in [0.1, 0.15) is 5.92 Å². The zero-order chi connectivity index (χ0) is 20.2. The molecule has 0 aromatic rings. The Kier molecular flexibility index (Phi) is 7.66. The molecule has 0 saturated heterocycles. The van der Waals surface area contributed by atoms with Gasteiger partial charge >= 0.3 is 0 Å². The van der Waals surface area contributed by atoms with E-state index in [0.29, 0.717) is 0 Å². The first-order chi connectivity index (χ1) is 11.9. The molecule has 146 valence electrons. The van der Waals surface area contributed by atoms with Crippen molar-refractivity contribution < 1.29 is 24.6 Å². The largest absolute Gasteiger partial charge is 0.389 e. The van der Waals surface area contributed by atoms with Gasteiger partial charge < -0.3 is 10.2 Å². The van der Waals surface area contributed by atoms with E-state index in [2.05, 4.69) is 0 Å². The average Bonchev–Trinajstić information content (AvgIpc) is 2.69. The molecule has 0 aromatic heterocycles. The number of rotatable bonds is 8. The number of aliphatic hydroxyl groups excluding tert-OH is 1. The Balaban J connectivity index is 3.30. The first-order valence-corrected chi connectivity index (χ1v) is 9.20. The fraction of sp³-hybridized carbons (Fsp3) is 0.667. The summed E-state index contributed by atoms with van der Waals surface area (Å²) in [6, 6.07) is 0. The molecule has 5 nitrogen and oxygen atoms in total. The van der Waals surface area contributed by atoms with Gasteiger partial charge in [0, 0.05) is 6.42 Å². The van der Waals surface area contributed by atoms with Crippen LogP contribution in [0.5, 0.6) is 0 Å². The van der Waals surface area contributed by atoms with E-state index in [9.17, 15) is 24.6 Å². The Morgan fingerprint density at radius 3 is 2.12 bits per heavy atom. The van der Waals surface area contributed by atoms with Crippen molar-refractivity contribution in [3.63, 3.8) is 0 Å². The summed E-state index contributed by atoms with van der Waals surface area (Å²) in [5.74, 6) is -4.47. The highest BCUT2D eigenvalue weighted by molar-refractivity contribution is 6.27. The van der Waals surface area contributed by atoms with Gasteiger partial charge in [0.05, 0.1) is 12.0 Å². The SMILES string of the molecule is CC(C)=CCC(O)[C@]1(O)C(=O)C(C(=O)CC(C)C)C(=O)[C@H]1CC=C(C)C. The van der Waals surface area contributed by atoms with Gasteiger partial charge in [-0.05, 0) is 46.5 Å². The lowest BCUT2D eigenvalue weighted by atomic mass is 9.80. The van der Waals surface area contributed by atoms with Gasteiger partial charge in [0.25, 0.3) is 0 Å². The van der Waals surface area contributed by atoms with E-state index in [1.165, 1.54) is 0 Å². The van der Waals surface area contributed by atoms with Crippen molar-refractivity contribution in [2.45, 2.75) is 72.5 Å². The quantitative estimate of drug-likeness (QED) is 0.510. The maximum Gasteiger partial charge on any atom is 0.185 e. The van der Waals surface area contributed by atoms with E-state index in [1.54, 1.807) is 12.2 Å². The monoisotopic (exact) mass is 364 g/mol. The lowest BCUT2D eigenvalue weighted by Crippen LogP contribution is -2.52. The summed E-state index contributed by atoms with van der Waals surface area (Å²) in [6.45, 7) is 11.0. The summed E-state index contributed by atoms with van der Waals surface area (Å²) < 4.78 is 0. The highest BCUT2D eigenvalue weighted by Crippen LogP contribution is 2.41. The number of ketones is 3. The van der Waals surface area contributed by atoms with Crippen LogP contribution in [-0.2, 0) is 14.4 Å². The van der Waals surface area contributed by atoms with Crippen LogP contribution in [0.3, 0.4) is 0 Å². The number of hydrogen-bond donors (Lipinski definition) is 2. The van der Waals surface area contributed by atoms with Gasteiger partial charge in [-0.25, -0.2) is 0 Å². The van der Waals surface area contributed by atoms with Crippen molar-refractivity contribution in [2.75, 3.05) is 0 Å². The molecule has 0 aromatic carbocycles. The van der Waals surface area contributed by atoms with Crippen molar-refractivity contribution in [1.82, 2.24) is 0 Å². The van der Waals surface area contributed by atoms with Crippen LogP contribution in [0.1, 0.15) is 60.8 Å². The summed E-state index contributed by atoms with van der Waals surface area (Å²) >= 11 is 0. The minimum atomic E-state index is -2.23. The second-order valence-electron chi connectivity index (χ2n) is 8.19. The van der Waals surface area contributed by atoms with Crippen molar-refractivity contribution in [3.05, 3.63) is 23.3 Å². The molecule has 0 bridgehead atoms. The number of allylic oxidation sites excluding steroid dienone is 3. The van der Waals surface area contributed by atoms with Gasteiger partial charge in [-0.1, -0.05) is 37.1 Å². The molecule has 0 heterocycles. The normalized spacial score (nSPS) is 26.8. The second kappa shape index (κ2) is 8.87. The Labute approximate surface area is 156 Å². The molecule has 1 aliphatic rings. The van der Waals surface area contributed by atoms with Crippen LogP contribution >= 0.6 is 0 Å². The van der Waals surface area contributed by atoms with E-state index in [-0.39, 0.29) is 25.2 Å². The van der Waals surface area contributed by atoms with E-state index in [4.69, 9.17) is 0 Å². The average molecular weight is 364 g/mol. The molecule has 0 aliphatic heterocycles. The lowest BCUT2D eigenvalue weighted by Gasteiger charge is -2.31. The zero-order valence-corrected chi connectivity index (χ0v) is 16.7. The maximum atomic E-state index is 12.9. The van der Waals surface area contributed by atoms with Crippen LogP contribution in [0.15, 0.2) is 23.3 Å². The number of Topliss-reactive ketones (excluding diaryl/α,β-unsaturated/α-hetero) is 3. The van der Waals surface area contributed by atoms with Crippen LogP contribution in [0.2, 0.25) is 0 Å². The van der Waals surface area contributed by atoms with Gasteiger partial charge in [-0.15, -0.1) is 0 Å². The first-order valence-electron chi connectivity index (χ1n) is 9.20. The predicted molar refractivity (Wildman–Crippen MR) is 101 cm³/mol. The van der Waals surface area contributed by atoms with Gasteiger partial charge in [0.2, 0.25) is 0 Å². The van der Waals surface area contributed by atoms with Gasteiger partial charge in [-0.2, -0.15) is 0 Å². The van der Waals surface area contributed by atoms with E-state index in [1.807, 2.05) is 41.5 Å². The fourth-order valence-corrected chi connectivity index (χ4v) is 3.35. The van der Waals surface area contributed by atoms with Crippen LogP contribution in [-0.4, -0.2) is 39.3 Å². The molecule has 1 aliphatic carbocycles. The van der Waals surface area contributed by atoms with Crippen molar-refractivity contribution in [3.8, 4) is 0 Å². The topological polar surface area (TPSA) is 91.7 Å². The third-order valence-electron chi connectivity index (χ3n) is 4.77. The summed E-state index contributed by atoms with van der Waals surface area (Å²) in [7, 11) is 0. The standard InChI is InChI=1S/C21H32O5/c1-12(2)7-9-15-19(24)18(16(22)11-14(5)6)20(25)21(15,26)17(23)10-8-13(3)4/h7-8,14-15,17-18,23,26H,9-11H2,1-6H3/t15-,17?,18?,21+/m1/s1. The Hall–Kier alpha value is -1.59. The Morgan fingerprint density at radius 1 is 1.12 bits per heavy atom. The van der Waals surface area contributed by atoms with Crippen LogP contribution < -0.4 is 0 Å².